The van der Waals surface area contributed by atoms with Gasteiger partial charge in [-0.2, -0.15) is 0 Å². The summed E-state index contributed by atoms with van der Waals surface area (Å²) in [4.78, 5) is 20.1. The molecule has 4 heteroatoms. The number of carbonyl (C=O) groups is 1. The van der Waals surface area contributed by atoms with Gasteiger partial charge in [-0.05, 0) is 38.9 Å². The summed E-state index contributed by atoms with van der Waals surface area (Å²) in [6.07, 6.45) is 7.39. The zero-order chi connectivity index (χ0) is 17.1. The highest BCUT2D eigenvalue weighted by Gasteiger charge is 2.28. The van der Waals surface area contributed by atoms with Gasteiger partial charge in [-0.25, -0.2) is 0 Å². The zero-order valence-electron chi connectivity index (χ0n) is 14.8. The Hall–Kier alpha value is -2.07. The standard InChI is InChI=1S/C20H27N3O/c1-4-23(5-2)20(24)15-10-11-17(22(3)14-15)12-16-13-21-19-9-7-6-8-18(16)19/h6-11,13,15,17,21H,4-5,12,14H2,1-3H3. The third-order valence-electron chi connectivity index (χ3n) is 5.11. The minimum absolute atomic E-state index is 0.0193. The molecule has 0 saturated heterocycles. The highest BCUT2D eigenvalue weighted by atomic mass is 16.2. The molecule has 24 heavy (non-hydrogen) atoms. The number of likely N-dealkylation sites (N-methyl/N-ethyl adjacent to an activating group) is 1. The third-order valence-corrected chi connectivity index (χ3v) is 5.11. The molecule has 1 aliphatic rings. The predicted molar refractivity (Wildman–Crippen MR) is 99.0 cm³/mol. The van der Waals surface area contributed by atoms with Gasteiger partial charge in [0, 0.05) is 42.8 Å². The Bertz CT molecular complexity index is 729. The lowest BCUT2D eigenvalue weighted by atomic mass is 9.95. The second-order valence-corrected chi connectivity index (χ2v) is 6.57. The first-order valence-electron chi connectivity index (χ1n) is 8.86. The van der Waals surface area contributed by atoms with Gasteiger partial charge in [0.1, 0.15) is 0 Å². The number of nitrogens with one attached hydrogen (secondary N) is 1. The molecule has 1 aliphatic heterocycles. The van der Waals surface area contributed by atoms with Gasteiger partial charge in [-0.15, -0.1) is 0 Å². The minimum atomic E-state index is -0.0193. The summed E-state index contributed by atoms with van der Waals surface area (Å²) in [5.41, 5.74) is 2.52. The van der Waals surface area contributed by atoms with E-state index in [-0.39, 0.29) is 11.8 Å². The maximum Gasteiger partial charge on any atom is 0.230 e. The maximum atomic E-state index is 12.5. The summed E-state index contributed by atoms with van der Waals surface area (Å²) in [7, 11) is 2.12. The van der Waals surface area contributed by atoms with Gasteiger partial charge >= 0.3 is 0 Å². The molecule has 1 N–H and O–H groups in total. The van der Waals surface area contributed by atoms with E-state index in [2.05, 4.69) is 59.5 Å². The van der Waals surface area contributed by atoms with Crippen LogP contribution in [-0.4, -0.2) is 53.4 Å². The van der Waals surface area contributed by atoms with E-state index < -0.39 is 0 Å². The summed E-state index contributed by atoms with van der Waals surface area (Å²) >= 11 is 0. The van der Waals surface area contributed by atoms with Crippen LogP contribution in [0.4, 0.5) is 0 Å². The third kappa shape index (κ3) is 3.24. The number of benzene rings is 1. The van der Waals surface area contributed by atoms with Crippen LogP contribution in [-0.2, 0) is 11.2 Å². The van der Waals surface area contributed by atoms with E-state index in [0.29, 0.717) is 6.04 Å². The van der Waals surface area contributed by atoms with E-state index in [1.165, 1.54) is 16.5 Å². The monoisotopic (exact) mass is 325 g/mol. The average Bonchev–Trinajstić information content (AvgIpc) is 3.01. The van der Waals surface area contributed by atoms with Gasteiger partial charge in [0.2, 0.25) is 5.91 Å². The van der Waals surface area contributed by atoms with Crippen LogP contribution in [0.3, 0.4) is 0 Å². The number of aromatic amines is 1. The number of aromatic nitrogens is 1. The smallest absolute Gasteiger partial charge is 0.230 e. The van der Waals surface area contributed by atoms with Crippen molar-refractivity contribution in [3.05, 3.63) is 48.2 Å². The van der Waals surface area contributed by atoms with E-state index in [9.17, 15) is 4.79 Å². The molecular weight excluding hydrogens is 298 g/mol. The molecule has 0 aliphatic carbocycles. The largest absolute Gasteiger partial charge is 0.361 e. The van der Waals surface area contributed by atoms with Crippen LogP contribution in [0.25, 0.3) is 10.9 Å². The fourth-order valence-electron chi connectivity index (χ4n) is 3.60. The molecule has 0 bridgehead atoms. The molecule has 2 atom stereocenters. The van der Waals surface area contributed by atoms with Gasteiger partial charge in [0.25, 0.3) is 0 Å². The molecule has 0 radical (unpaired) electrons. The van der Waals surface area contributed by atoms with Crippen LogP contribution >= 0.6 is 0 Å². The van der Waals surface area contributed by atoms with Crippen molar-refractivity contribution in [1.29, 1.82) is 0 Å². The molecule has 0 fully saturated rings. The Morgan fingerprint density at radius 2 is 2.00 bits per heavy atom. The maximum absolute atomic E-state index is 12.5. The molecule has 3 rings (SSSR count). The van der Waals surface area contributed by atoms with Crippen molar-refractivity contribution >= 4 is 16.8 Å². The number of rotatable bonds is 5. The van der Waals surface area contributed by atoms with Gasteiger partial charge in [0.15, 0.2) is 0 Å². The highest BCUT2D eigenvalue weighted by Crippen LogP contribution is 2.23. The molecule has 2 heterocycles. The lowest BCUT2D eigenvalue weighted by Crippen LogP contribution is -2.45. The van der Waals surface area contributed by atoms with Crippen LogP contribution in [0.2, 0.25) is 0 Å². The van der Waals surface area contributed by atoms with Gasteiger partial charge < -0.3 is 9.88 Å². The average molecular weight is 325 g/mol. The Balaban J connectivity index is 1.72. The topological polar surface area (TPSA) is 39.3 Å². The summed E-state index contributed by atoms with van der Waals surface area (Å²) in [6.45, 7) is 6.43. The quantitative estimate of drug-likeness (QED) is 0.858. The Kier molecular flexibility index (Phi) is 5.05. The second-order valence-electron chi connectivity index (χ2n) is 6.57. The number of hydrogen-bond donors (Lipinski definition) is 1. The SMILES string of the molecule is CCN(CC)C(=O)C1C=CC(Cc2c[nH]c3ccccc23)N(C)C1. The van der Waals surface area contributed by atoms with Crippen molar-refractivity contribution in [3.63, 3.8) is 0 Å². The van der Waals surface area contributed by atoms with Gasteiger partial charge in [-0.1, -0.05) is 30.4 Å². The molecular formula is C20H27N3O. The van der Waals surface area contributed by atoms with Crippen molar-refractivity contribution in [2.75, 3.05) is 26.7 Å². The van der Waals surface area contributed by atoms with Crippen molar-refractivity contribution in [2.24, 2.45) is 5.92 Å². The first-order chi connectivity index (χ1) is 11.6. The summed E-state index contributed by atoms with van der Waals surface area (Å²) < 4.78 is 0. The Labute approximate surface area is 144 Å². The number of carbonyl (C=O) groups excluding carboxylic acids is 1. The molecule has 2 unspecified atom stereocenters. The zero-order valence-corrected chi connectivity index (χ0v) is 14.8. The lowest BCUT2D eigenvalue weighted by Gasteiger charge is -2.34. The highest BCUT2D eigenvalue weighted by molar-refractivity contribution is 5.83. The van der Waals surface area contributed by atoms with Crippen molar-refractivity contribution in [1.82, 2.24) is 14.8 Å². The second kappa shape index (κ2) is 7.22. The molecule has 1 amide bonds. The van der Waals surface area contributed by atoms with Crippen molar-refractivity contribution in [3.8, 4) is 0 Å². The summed E-state index contributed by atoms with van der Waals surface area (Å²) in [5, 5.41) is 1.29. The number of nitrogens with zero attached hydrogens (tertiary/aromatic N) is 2. The molecule has 0 saturated carbocycles. The Morgan fingerprint density at radius 1 is 1.25 bits per heavy atom. The van der Waals surface area contributed by atoms with E-state index in [4.69, 9.17) is 0 Å². The molecule has 1 aromatic carbocycles. The number of fused-ring (bicyclic) bond motifs is 1. The number of amides is 1. The fraction of sp³-hybridized carbons (Fsp3) is 0.450. The number of hydrogen-bond acceptors (Lipinski definition) is 2. The first-order valence-corrected chi connectivity index (χ1v) is 8.86. The summed E-state index contributed by atoms with van der Waals surface area (Å²) in [6, 6.07) is 8.75. The molecule has 2 aromatic rings. The van der Waals surface area contributed by atoms with E-state index in [1.807, 2.05) is 18.7 Å². The molecule has 4 nitrogen and oxygen atoms in total. The summed E-state index contributed by atoms with van der Waals surface area (Å²) in [5.74, 6) is 0.225. The van der Waals surface area contributed by atoms with Crippen molar-refractivity contribution < 1.29 is 4.79 Å². The molecule has 128 valence electrons. The fourth-order valence-corrected chi connectivity index (χ4v) is 3.60. The van der Waals surface area contributed by atoms with Gasteiger partial charge in [0.05, 0.1) is 5.92 Å². The van der Waals surface area contributed by atoms with Crippen molar-refractivity contribution in [2.45, 2.75) is 26.3 Å². The predicted octanol–water partition coefficient (Wildman–Crippen LogP) is 3.07. The first kappa shape index (κ1) is 16.8. The number of para-hydroxylation sites is 1. The van der Waals surface area contributed by atoms with Crippen LogP contribution < -0.4 is 0 Å². The van der Waals surface area contributed by atoms with Gasteiger partial charge in [-0.3, -0.25) is 9.69 Å². The molecule has 1 aromatic heterocycles. The van der Waals surface area contributed by atoms with Crippen LogP contribution in [0.1, 0.15) is 19.4 Å². The van der Waals surface area contributed by atoms with Crippen LogP contribution in [0.15, 0.2) is 42.6 Å². The Morgan fingerprint density at radius 3 is 2.71 bits per heavy atom. The molecule has 0 spiro atoms. The number of H-pyrrole nitrogens is 1. The van der Waals surface area contributed by atoms with E-state index >= 15 is 0 Å². The lowest BCUT2D eigenvalue weighted by molar-refractivity contribution is -0.134. The van der Waals surface area contributed by atoms with Crippen LogP contribution in [0, 0.1) is 5.92 Å². The van der Waals surface area contributed by atoms with E-state index in [1.54, 1.807) is 0 Å². The van der Waals surface area contributed by atoms with Crippen LogP contribution in [0.5, 0.6) is 0 Å². The normalized spacial score (nSPS) is 21.3. The minimum Gasteiger partial charge on any atom is -0.361 e. The van der Waals surface area contributed by atoms with E-state index in [0.717, 1.165) is 26.1 Å².